The molecule has 4 heteroatoms. The van der Waals surface area contributed by atoms with Crippen molar-refractivity contribution in [1.29, 1.82) is 0 Å². The third-order valence-electron chi connectivity index (χ3n) is 2.80. The van der Waals surface area contributed by atoms with Gasteiger partial charge in [-0.2, -0.15) is 0 Å². The fraction of sp³-hybridized carbons (Fsp3) is 0.286. The number of hydrogen-bond donors (Lipinski definition) is 1. The normalized spacial score (nSPS) is 10.9. The summed E-state index contributed by atoms with van der Waals surface area (Å²) in [6.45, 7) is 5.95. The number of carbonyl (C=O) groups is 1. The summed E-state index contributed by atoms with van der Waals surface area (Å²) in [5, 5.41) is 11.2. The van der Waals surface area contributed by atoms with Gasteiger partial charge in [-0.25, -0.2) is 4.79 Å². The largest absolute Gasteiger partial charge is 0.478 e. The number of aryl methyl sites for hydroxylation is 1. The van der Waals surface area contributed by atoms with E-state index in [2.05, 4.69) is 4.98 Å². The van der Waals surface area contributed by atoms with Gasteiger partial charge in [0, 0.05) is 0 Å². The average molecular weight is 261 g/mol. The summed E-state index contributed by atoms with van der Waals surface area (Å²) < 4.78 is 0. The van der Waals surface area contributed by atoms with Crippen molar-refractivity contribution in [3.63, 3.8) is 0 Å². The molecule has 0 aliphatic heterocycles. The van der Waals surface area contributed by atoms with Crippen LogP contribution < -0.4 is 0 Å². The van der Waals surface area contributed by atoms with Gasteiger partial charge in [0.25, 0.3) is 0 Å². The van der Waals surface area contributed by atoms with Crippen LogP contribution in [-0.4, -0.2) is 16.1 Å². The van der Waals surface area contributed by atoms with Crippen LogP contribution in [0.3, 0.4) is 0 Å². The molecule has 94 valence electrons. The fourth-order valence-corrected chi connectivity index (χ4v) is 2.75. The summed E-state index contributed by atoms with van der Waals surface area (Å²) in [6.07, 6.45) is 0. The highest BCUT2D eigenvalue weighted by Gasteiger charge is 2.16. The predicted molar refractivity (Wildman–Crippen MR) is 73.3 cm³/mol. The number of hydrogen-bond acceptors (Lipinski definition) is 3. The number of nitrogens with zero attached hydrogens (tertiary/aromatic N) is 1. The van der Waals surface area contributed by atoms with E-state index >= 15 is 0 Å². The van der Waals surface area contributed by atoms with Crippen LogP contribution in [0.25, 0.3) is 10.6 Å². The van der Waals surface area contributed by atoms with Gasteiger partial charge < -0.3 is 5.11 Å². The molecule has 0 saturated heterocycles. The van der Waals surface area contributed by atoms with Gasteiger partial charge in [0.1, 0.15) is 0 Å². The maximum atomic E-state index is 11.2. The maximum Gasteiger partial charge on any atom is 0.337 e. The molecular weight excluding hydrogens is 246 g/mol. The zero-order valence-electron chi connectivity index (χ0n) is 10.6. The van der Waals surface area contributed by atoms with Gasteiger partial charge in [-0.3, -0.25) is 4.98 Å². The molecule has 0 unspecified atom stereocenters. The van der Waals surface area contributed by atoms with E-state index in [1.165, 1.54) is 5.56 Å². The van der Waals surface area contributed by atoms with Crippen molar-refractivity contribution in [3.05, 3.63) is 40.4 Å². The van der Waals surface area contributed by atoms with Crippen LogP contribution in [0.15, 0.2) is 23.6 Å². The van der Waals surface area contributed by atoms with Crippen molar-refractivity contribution in [3.8, 4) is 10.6 Å². The van der Waals surface area contributed by atoms with E-state index in [0.717, 1.165) is 10.6 Å². The third-order valence-corrected chi connectivity index (χ3v) is 3.84. The Morgan fingerprint density at radius 1 is 1.33 bits per heavy atom. The van der Waals surface area contributed by atoms with E-state index in [9.17, 15) is 4.79 Å². The standard InChI is InChI=1S/C14H15NO2S/c1-8(2)12-10(14(16)17)4-5-11(15-12)13-9(3)6-7-18-13/h4-8H,1-3H3,(H,16,17). The molecule has 2 heterocycles. The van der Waals surface area contributed by atoms with E-state index in [0.29, 0.717) is 11.3 Å². The van der Waals surface area contributed by atoms with Crippen LogP contribution in [0, 0.1) is 6.92 Å². The molecule has 18 heavy (non-hydrogen) atoms. The lowest BCUT2D eigenvalue weighted by atomic mass is 10.0. The van der Waals surface area contributed by atoms with Crippen LogP contribution in [-0.2, 0) is 0 Å². The zero-order valence-corrected chi connectivity index (χ0v) is 11.4. The number of rotatable bonds is 3. The summed E-state index contributed by atoms with van der Waals surface area (Å²) in [6, 6.07) is 5.48. The molecule has 0 aromatic carbocycles. The quantitative estimate of drug-likeness (QED) is 0.910. The molecule has 0 amide bonds. The van der Waals surface area contributed by atoms with E-state index < -0.39 is 5.97 Å². The van der Waals surface area contributed by atoms with Gasteiger partial charge in [-0.1, -0.05) is 13.8 Å². The first-order valence-electron chi connectivity index (χ1n) is 5.79. The summed E-state index contributed by atoms with van der Waals surface area (Å²) in [4.78, 5) is 16.8. The van der Waals surface area contributed by atoms with Crippen LogP contribution in [0.1, 0.15) is 41.4 Å². The van der Waals surface area contributed by atoms with E-state index in [-0.39, 0.29) is 5.92 Å². The zero-order chi connectivity index (χ0) is 13.3. The molecule has 0 aliphatic rings. The van der Waals surface area contributed by atoms with Gasteiger partial charge in [0.2, 0.25) is 0 Å². The third kappa shape index (κ3) is 2.29. The molecule has 2 rings (SSSR count). The Morgan fingerprint density at radius 3 is 2.56 bits per heavy atom. The van der Waals surface area contributed by atoms with Crippen molar-refractivity contribution in [2.24, 2.45) is 0 Å². The lowest BCUT2D eigenvalue weighted by molar-refractivity contribution is 0.0694. The molecule has 2 aromatic heterocycles. The van der Waals surface area contributed by atoms with Crippen LogP contribution in [0.4, 0.5) is 0 Å². The average Bonchev–Trinajstić information content (AvgIpc) is 2.74. The minimum absolute atomic E-state index is 0.0938. The Bertz CT molecular complexity index is 587. The highest BCUT2D eigenvalue weighted by molar-refractivity contribution is 7.13. The SMILES string of the molecule is Cc1ccsc1-c1ccc(C(=O)O)c(C(C)C)n1. The fourth-order valence-electron chi connectivity index (χ4n) is 1.86. The summed E-state index contributed by atoms with van der Waals surface area (Å²) >= 11 is 1.63. The first-order valence-corrected chi connectivity index (χ1v) is 6.67. The lowest BCUT2D eigenvalue weighted by Gasteiger charge is -2.10. The van der Waals surface area contributed by atoms with Gasteiger partial charge in [-0.05, 0) is 42.0 Å². The second-order valence-electron chi connectivity index (χ2n) is 4.52. The van der Waals surface area contributed by atoms with Crippen LogP contribution >= 0.6 is 11.3 Å². The van der Waals surface area contributed by atoms with Crippen molar-refractivity contribution in [2.75, 3.05) is 0 Å². The monoisotopic (exact) mass is 261 g/mol. The Labute approximate surface area is 110 Å². The number of pyridine rings is 1. The number of carboxylic acid groups (broad SMARTS) is 1. The molecule has 1 N–H and O–H groups in total. The van der Waals surface area contributed by atoms with E-state index in [1.54, 1.807) is 23.5 Å². The minimum Gasteiger partial charge on any atom is -0.478 e. The summed E-state index contributed by atoms with van der Waals surface area (Å²) in [7, 11) is 0. The molecule has 0 saturated carbocycles. The number of carboxylic acids is 1. The second kappa shape index (κ2) is 4.90. The molecule has 0 spiro atoms. The second-order valence-corrected chi connectivity index (χ2v) is 5.44. The first kappa shape index (κ1) is 12.8. The topological polar surface area (TPSA) is 50.2 Å². The summed E-state index contributed by atoms with van der Waals surface area (Å²) in [5.41, 5.74) is 2.97. The Balaban J connectivity index is 2.57. The molecular formula is C14H15NO2S. The molecule has 0 radical (unpaired) electrons. The van der Waals surface area contributed by atoms with Gasteiger partial charge in [0.15, 0.2) is 0 Å². The van der Waals surface area contributed by atoms with Crippen LogP contribution in [0.2, 0.25) is 0 Å². The predicted octanol–water partition coefficient (Wildman–Crippen LogP) is 3.94. The first-order chi connectivity index (χ1) is 8.50. The molecule has 0 aliphatic carbocycles. The molecule has 0 bridgehead atoms. The van der Waals surface area contributed by atoms with Crippen molar-refractivity contribution in [2.45, 2.75) is 26.7 Å². The molecule has 0 atom stereocenters. The summed E-state index contributed by atoms with van der Waals surface area (Å²) in [5.74, 6) is -0.822. The lowest BCUT2D eigenvalue weighted by Crippen LogP contribution is -2.07. The molecule has 2 aromatic rings. The maximum absolute atomic E-state index is 11.2. The van der Waals surface area contributed by atoms with Crippen molar-refractivity contribution in [1.82, 2.24) is 4.98 Å². The van der Waals surface area contributed by atoms with Gasteiger partial charge in [0.05, 0.1) is 21.8 Å². The number of aromatic nitrogens is 1. The molecule has 0 fully saturated rings. The Hall–Kier alpha value is -1.68. The number of aromatic carboxylic acids is 1. The van der Waals surface area contributed by atoms with Crippen molar-refractivity contribution < 1.29 is 9.90 Å². The van der Waals surface area contributed by atoms with Gasteiger partial charge >= 0.3 is 5.97 Å². The Morgan fingerprint density at radius 2 is 2.06 bits per heavy atom. The highest BCUT2D eigenvalue weighted by Crippen LogP contribution is 2.29. The van der Waals surface area contributed by atoms with Gasteiger partial charge in [-0.15, -0.1) is 11.3 Å². The van der Waals surface area contributed by atoms with E-state index in [1.807, 2.05) is 32.2 Å². The smallest absolute Gasteiger partial charge is 0.337 e. The molecule has 3 nitrogen and oxygen atoms in total. The van der Waals surface area contributed by atoms with Crippen LogP contribution in [0.5, 0.6) is 0 Å². The minimum atomic E-state index is -0.916. The highest BCUT2D eigenvalue weighted by atomic mass is 32.1. The van der Waals surface area contributed by atoms with Crippen molar-refractivity contribution >= 4 is 17.3 Å². The Kier molecular flexibility index (Phi) is 3.48. The van der Waals surface area contributed by atoms with E-state index in [4.69, 9.17) is 5.11 Å². The number of thiophene rings is 1.